The third-order valence-corrected chi connectivity index (χ3v) is 6.47. The molecule has 4 rings (SSSR count). The summed E-state index contributed by atoms with van der Waals surface area (Å²) in [5, 5.41) is 2.90. The number of nitrogens with one attached hydrogen (secondary N) is 1. The van der Waals surface area contributed by atoms with Crippen LogP contribution >= 0.6 is 11.8 Å². The number of amides is 2. The van der Waals surface area contributed by atoms with Gasteiger partial charge in [-0.15, -0.1) is 0 Å². The highest BCUT2D eigenvalue weighted by molar-refractivity contribution is 8.04. The summed E-state index contributed by atoms with van der Waals surface area (Å²) in [4.78, 5) is 28.1. The molecule has 0 spiro atoms. The van der Waals surface area contributed by atoms with E-state index in [0.29, 0.717) is 34.7 Å². The van der Waals surface area contributed by atoms with Crippen LogP contribution in [0.2, 0.25) is 0 Å². The summed E-state index contributed by atoms with van der Waals surface area (Å²) < 4.78 is 38.4. The normalized spacial score (nSPS) is 14.8. The minimum atomic E-state index is -4.41. The number of alkyl halides is 3. The minimum absolute atomic E-state index is 0.226. The molecule has 0 fully saturated rings. The maximum absolute atomic E-state index is 12.9. The second-order valence-electron chi connectivity index (χ2n) is 7.77. The molecule has 0 saturated carbocycles. The first-order valence-corrected chi connectivity index (χ1v) is 11.3. The van der Waals surface area contributed by atoms with Crippen LogP contribution in [0, 0.1) is 0 Å². The predicted octanol–water partition coefficient (Wildman–Crippen LogP) is 5.79. The summed E-state index contributed by atoms with van der Waals surface area (Å²) in [5.41, 5.74) is 1.93. The number of anilines is 1. The molecular formula is C26H21F3N2O2S. The van der Waals surface area contributed by atoms with Gasteiger partial charge in [0, 0.05) is 24.1 Å². The summed E-state index contributed by atoms with van der Waals surface area (Å²) >= 11 is 1.22. The maximum atomic E-state index is 12.9. The molecule has 4 nitrogen and oxygen atoms in total. The van der Waals surface area contributed by atoms with Crippen LogP contribution in [0.25, 0.3) is 6.08 Å². The van der Waals surface area contributed by atoms with E-state index in [0.717, 1.165) is 22.6 Å². The van der Waals surface area contributed by atoms with Gasteiger partial charge in [-0.05, 0) is 54.0 Å². The van der Waals surface area contributed by atoms with E-state index in [1.807, 2.05) is 30.3 Å². The lowest BCUT2D eigenvalue weighted by atomic mass is 10.1. The Kier molecular flexibility index (Phi) is 6.79. The van der Waals surface area contributed by atoms with E-state index < -0.39 is 11.7 Å². The van der Waals surface area contributed by atoms with E-state index in [2.05, 4.69) is 5.32 Å². The highest BCUT2D eigenvalue weighted by Gasteiger charge is 2.30. The molecule has 0 atom stereocenters. The van der Waals surface area contributed by atoms with Crippen molar-refractivity contribution < 1.29 is 22.8 Å². The lowest BCUT2D eigenvalue weighted by Crippen LogP contribution is -2.31. The quantitative estimate of drug-likeness (QED) is 0.469. The maximum Gasteiger partial charge on any atom is 0.416 e. The van der Waals surface area contributed by atoms with Crippen LogP contribution in [0.1, 0.15) is 27.0 Å². The zero-order chi connectivity index (χ0) is 24.3. The Labute approximate surface area is 199 Å². The third kappa shape index (κ3) is 5.34. The molecule has 34 heavy (non-hydrogen) atoms. The van der Waals surface area contributed by atoms with Crippen molar-refractivity contribution in [2.75, 3.05) is 18.5 Å². The number of carbonyl (C=O) groups is 2. The fourth-order valence-electron chi connectivity index (χ4n) is 3.52. The lowest BCUT2D eigenvalue weighted by Gasteiger charge is -2.27. The molecule has 3 aromatic carbocycles. The van der Waals surface area contributed by atoms with E-state index in [4.69, 9.17) is 0 Å². The second-order valence-corrected chi connectivity index (χ2v) is 8.85. The monoisotopic (exact) mass is 482 g/mol. The molecule has 0 bridgehead atoms. The van der Waals surface area contributed by atoms with Crippen molar-refractivity contribution in [3.05, 3.63) is 100.0 Å². The van der Waals surface area contributed by atoms with Gasteiger partial charge in [0.2, 0.25) is 0 Å². The van der Waals surface area contributed by atoms with Crippen LogP contribution in [-0.4, -0.2) is 25.4 Å². The highest BCUT2D eigenvalue weighted by Crippen LogP contribution is 2.42. The van der Waals surface area contributed by atoms with E-state index >= 15 is 0 Å². The fraction of sp³-hybridized carbons (Fsp3) is 0.154. The van der Waals surface area contributed by atoms with Gasteiger partial charge < -0.3 is 10.2 Å². The molecule has 1 aliphatic heterocycles. The zero-order valence-corrected chi connectivity index (χ0v) is 19.0. The van der Waals surface area contributed by atoms with Crippen LogP contribution in [0.15, 0.2) is 82.6 Å². The van der Waals surface area contributed by atoms with Gasteiger partial charge in [-0.2, -0.15) is 13.2 Å². The van der Waals surface area contributed by atoms with Crippen molar-refractivity contribution in [2.24, 2.45) is 0 Å². The molecule has 0 unspecified atom stereocenters. The first-order chi connectivity index (χ1) is 16.2. The number of carbonyl (C=O) groups excluding carboxylic acids is 2. The zero-order valence-electron chi connectivity index (χ0n) is 18.2. The summed E-state index contributed by atoms with van der Waals surface area (Å²) in [7, 11) is 1.61. The molecule has 0 radical (unpaired) electrons. The van der Waals surface area contributed by atoms with Gasteiger partial charge in [0.1, 0.15) is 0 Å². The predicted molar refractivity (Wildman–Crippen MR) is 128 cm³/mol. The molecule has 2 amide bonds. The number of benzene rings is 3. The van der Waals surface area contributed by atoms with Gasteiger partial charge >= 0.3 is 6.18 Å². The Hall–Kier alpha value is -3.52. The second kappa shape index (κ2) is 9.77. The summed E-state index contributed by atoms with van der Waals surface area (Å²) in [6, 6.07) is 19.6. The van der Waals surface area contributed by atoms with Crippen molar-refractivity contribution in [1.82, 2.24) is 5.32 Å². The number of nitrogens with zero attached hydrogens (tertiary/aromatic N) is 1. The fourth-order valence-corrected chi connectivity index (χ4v) is 4.61. The molecular weight excluding hydrogens is 461 g/mol. The number of hydrogen-bond donors (Lipinski definition) is 1. The largest absolute Gasteiger partial charge is 0.416 e. The molecule has 0 aliphatic carbocycles. The number of rotatable bonds is 5. The summed E-state index contributed by atoms with van der Waals surface area (Å²) in [5.74, 6) is -0.519. The topological polar surface area (TPSA) is 49.4 Å². The van der Waals surface area contributed by atoms with Gasteiger partial charge in [-0.25, -0.2) is 0 Å². The average Bonchev–Trinajstić information content (AvgIpc) is 2.82. The number of likely N-dealkylation sites (N-methyl/N-ethyl adjacent to an activating group) is 1. The first kappa shape index (κ1) is 23.6. The standard InChI is InChI=1S/C26H21F3N2O2S/c1-31-21-16-19(24(32)30-14-13-17-5-3-2-4-6-17)9-12-22(21)34-23(25(31)33)15-18-7-10-20(11-8-18)26(27,28)29/h2-12,15-16H,13-14H2,1H3,(H,30,32). The Bertz CT molecular complexity index is 1240. The molecule has 174 valence electrons. The third-order valence-electron chi connectivity index (χ3n) is 5.40. The van der Waals surface area contributed by atoms with Gasteiger partial charge in [0.15, 0.2) is 0 Å². The molecule has 1 heterocycles. The Morgan fingerprint density at radius 2 is 1.74 bits per heavy atom. The van der Waals surface area contributed by atoms with Crippen molar-refractivity contribution in [3.63, 3.8) is 0 Å². The highest BCUT2D eigenvalue weighted by atomic mass is 32.2. The Morgan fingerprint density at radius 3 is 2.41 bits per heavy atom. The summed E-state index contributed by atoms with van der Waals surface area (Å²) in [6.45, 7) is 0.490. The summed E-state index contributed by atoms with van der Waals surface area (Å²) in [6.07, 6.45) is -2.13. The number of fused-ring (bicyclic) bond motifs is 1. The van der Waals surface area contributed by atoms with Crippen molar-refractivity contribution >= 4 is 35.3 Å². The van der Waals surface area contributed by atoms with Gasteiger partial charge in [-0.3, -0.25) is 9.59 Å². The minimum Gasteiger partial charge on any atom is -0.352 e. The van der Waals surface area contributed by atoms with Crippen LogP contribution < -0.4 is 10.2 Å². The van der Waals surface area contributed by atoms with Gasteiger partial charge in [0.05, 0.1) is 16.2 Å². The van der Waals surface area contributed by atoms with Gasteiger partial charge in [-0.1, -0.05) is 54.2 Å². The SMILES string of the molecule is CN1C(=O)C(=Cc2ccc(C(F)(F)F)cc2)Sc2ccc(C(=O)NCCc3ccccc3)cc21. The molecule has 1 aliphatic rings. The molecule has 8 heteroatoms. The Balaban J connectivity index is 1.47. The van der Waals surface area contributed by atoms with Crippen LogP contribution in [0.5, 0.6) is 0 Å². The smallest absolute Gasteiger partial charge is 0.352 e. The van der Waals surface area contributed by atoms with E-state index in [1.165, 1.54) is 28.8 Å². The van der Waals surface area contributed by atoms with Crippen LogP contribution in [0.4, 0.5) is 18.9 Å². The van der Waals surface area contributed by atoms with Gasteiger partial charge in [0.25, 0.3) is 11.8 Å². The molecule has 3 aromatic rings. The van der Waals surface area contributed by atoms with Crippen LogP contribution in [0.3, 0.4) is 0 Å². The van der Waals surface area contributed by atoms with E-state index in [1.54, 1.807) is 31.3 Å². The number of thioether (sulfide) groups is 1. The van der Waals surface area contributed by atoms with E-state index in [9.17, 15) is 22.8 Å². The molecule has 1 N–H and O–H groups in total. The number of halogens is 3. The Morgan fingerprint density at radius 1 is 1.03 bits per heavy atom. The molecule has 0 aromatic heterocycles. The van der Waals surface area contributed by atoms with E-state index in [-0.39, 0.29) is 11.8 Å². The van der Waals surface area contributed by atoms with Crippen molar-refractivity contribution in [3.8, 4) is 0 Å². The van der Waals surface area contributed by atoms with Crippen molar-refractivity contribution in [1.29, 1.82) is 0 Å². The first-order valence-electron chi connectivity index (χ1n) is 10.5. The number of hydrogen-bond acceptors (Lipinski definition) is 3. The van der Waals surface area contributed by atoms with Crippen LogP contribution in [-0.2, 0) is 17.4 Å². The van der Waals surface area contributed by atoms with Crippen molar-refractivity contribution in [2.45, 2.75) is 17.5 Å². The average molecular weight is 483 g/mol. The lowest BCUT2D eigenvalue weighted by molar-refractivity contribution is -0.137. The molecule has 0 saturated heterocycles.